The van der Waals surface area contributed by atoms with Crippen molar-refractivity contribution in [2.75, 3.05) is 19.0 Å². The first-order chi connectivity index (χ1) is 10.8. The summed E-state index contributed by atoms with van der Waals surface area (Å²) >= 11 is 6.01. The Kier molecular flexibility index (Phi) is 4.45. The zero-order chi connectivity index (χ0) is 15.4. The Morgan fingerprint density at radius 1 is 1.09 bits per heavy atom. The van der Waals surface area contributed by atoms with Gasteiger partial charge in [0.05, 0.1) is 12.6 Å². The lowest BCUT2D eigenvalue weighted by Gasteiger charge is -2.10. The van der Waals surface area contributed by atoms with E-state index in [-0.39, 0.29) is 0 Å². The molecule has 2 aromatic carbocycles. The number of fused-ring (bicyclic) bond motifs is 1. The summed E-state index contributed by atoms with van der Waals surface area (Å²) in [4.78, 5) is 4.35. The van der Waals surface area contributed by atoms with Gasteiger partial charge in [-0.3, -0.25) is 4.98 Å². The molecular formula is C18H17ClN2O. The molecule has 0 saturated carbocycles. The topological polar surface area (TPSA) is 34.1 Å². The van der Waals surface area contributed by atoms with Crippen LogP contribution < -0.4 is 10.1 Å². The van der Waals surface area contributed by atoms with Gasteiger partial charge in [0.2, 0.25) is 0 Å². The second-order valence-electron chi connectivity index (χ2n) is 5.04. The third-order valence-electron chi connectivity index (χ3n) is 3.59. The van der Waals surface area contributed by atoms with E-state index in [0.29, 0.717) is 5.02 Å². The molecule has 0 aliphatic rings. The molecule has 0 aliphatic heterocycles. The highest BCUT2D eigenvalue weighted by Gasteiger charge is 2.02. The molecule has 1 aromatic heterocycles. The number of nitrogens with one attached hydrogen (secondary N) is 1. The molecule has 0 radical (unpaired) electrons. The van der Waals surface area contributed by atoms with Crippen molar-refractivity contribution in [2.24, 2.45) is 0 Å². The second kappa shape index (κ2) is 6.67. The SMILES string of the molecule is COc1ccc(CCNc2ccnc3cc(Cl)ccc23)cc1. The van der Waals surface area contributed by atoms with Gasteiger partial charge < -0.3 is 10.1 Å². The predicted octanol–water partition coefficient (Wildman–Crippen LogP) is 4.55. The molecule has 112 valence electrons. The normalized spacial score (nSPS) is 10.6. The van der Waals surface area contributed by atoms with E-state index in [9.17, 15) is 0 Å². The Morgan fingerprint density at radius 3 is 2.68 bits per heavy atom. The van der Waals surface area contributed by atoms with Crippen molar-refractivity contribution in [2.45, 2.75) is 6.42 Å². The molecule has 1 N–H and O–H groups in total. The molecule has 0 amide bonds. The maximum absolute atomic E-state index is 6.01. The lowest BCUT2D eigenvalue weighted by atomic mass is 10.1. The van der Waals surface area contributed by atoms with E-state index >= 15 is 0 Å². The van der Waals surface area contributed by atoms with Crippen molar-refractivity contribution in [1.29, 1.82) is 0 Å². The van der Waals surface area contributed by atoms with Crippen LogP contribution in [0, 0.1) is 0 Å². The summed E-state index contributed by atoms with van der Waals surface area (Å²) in [7, 11) is 1.68. The molecule has 0 atom stereocenters. The number of hydrogen-bond donors (Lipinski definition) is 1. The molecule has 0 bridgehead atoms. The number of rotatable bonds is 5. The van der Waals surface area contributed by atoms with Gasteiger partial charge in [-0.25, -0.2) is 0 Å². The van der Waals surface area contributed by atoms with Crippen LogP contribution in [0.3, 0.4) is 0 Å². The highest BCUT2D eigenvalue weighted by Crippen LogP contribution is 2.24. The lowest BCUT2D eigenvalue weighted by Crippen LogP contribution is -2.05. The van der Waals surface area contributed by atoms with Gasteiger partial charge in [0.15, 0.2) is 0 Å². The Bertz CT molecular complexity index is 772. The Labute approximate surface area is 134 Å². The number of pyridine rings is 1. The van der Waals surface area contributed by atoms with Crippen LogP contribution in [0.5, 0.6) is 5.75 Å². The van der Waals surface area contributed by atoms with Crippen molar-refractivity contribution >= 4 is 28.2 Å². The zero-order valence-corrected chi connectivity index (χ0v) is 13.1. The molecule has 1 heterocycles. The lowest BCUT2D eigenvalue weighted by molar-refractivity contribution is 0.414. The fraction of sp³-hybridized carbons (Fsp3) is 0.167. The van der Waals surface area contributed by atoms with Crippen molar-refractivity contribution < 1.29 is 4.74 Å². The summed E-state index contributed by atoms with van der Waals surface area (Å²) in [6.07, 6.45) is 2.75. The minimum Gasteiger partial charge on any atom is -0.497 e. The molecule has 0 aliphatic carbocycles. The molecule has 0 unspecified atom stereocenters. The summed E-state index contributed by atoms with van der Waals surface area (Å²) in [5.74, 6) is 0.883. The maximum Gasteiger partial charge on any atom is 0.118 e. The van der Waals surface area contributed by atoms with E-state index in [4.69, 9.17) is 16.3 Å². The van der Waals surface area contributed by atoms with Crippen LogP contribution in [0.1, 0.15) is 5.56 Å². The summed E-state index contributed by atoms with van der Waals surface area (Å²) < 4.78 is 5.17. The van der Waals surface area contributed by atoms with Crippen LogP contribution >= 0.6 is 11.6 Å². The van der Waals surface area contributed by atoms with E-state index in [1.54, 1.807) is 13.3 Å². The fourth-order valence-electron chi connectivity index (χ4n) is 2.41. The number of anilines is 1. The third kappa shape index (κ3) is 3.31. The highest BCUT2D eigenvalue weighted by molar-refractivity contribution is 6.31. The van der Waals surface area contributed by atoms with Crippen molar-refractivity contribution in [3.8, 4) is 5.75 Å². The first-order valence-corrected chi connectivity index (χ1v) is 7.55. The number of aromatic nitrogens is 1. The van der Waals surface area contributed by atoms with Crippen LogP contribution in [0.4, 0.5) is 5.69 Å². The number of benzene rings is 2. The minimum atomic E-state index is 0.704. The number of halogens is 1. The standard InChI is InChI=1S/C18H17ClN2O/c1-22-15-5-2-13(3-6-15)8-10-20-17-9-11-21-18-12-14(19)4-7-16(17)18/h2-7,9,11-12H,8,10H2,1H3,(H,20,21). The Hall–Kier alpha value is -2.26. The second-order valence-corrected chi connectivity index (χ2v) is 5.48. The number of methoxy groups -OCH3 is 1. The molecule has 0 fully saturated rings. The molecule has 0 spiro atoms. The first kappa shape index (κ1) is 14.7. The molecule has 22 heavy (non-hydrogen) atoms. The van der Waals surface area contributed by atoms with Gasteiger partial charge in [0.1, 0.15) is 5.75 Å². The van der Waals surface area contributed by atoms with Crippen LogP contribution in [0.15, 0.2) is 54.7 Å². The van der Waals surface area contributed by atoms with E-state index in [1.165, 1.54) is 5.56 Å². The number of nitrogens with zero attached hydrogens (tertiary/aromatic N) is 1. The van der Waals surface area contributed by atoms with E-state index < -0.39 is 0 Å². The summed E-state index contributed by atoms with van der Waals surface area (Å²) in [5.41, 5.74) is 3.26. The fourth-order valence-corrected chi connectivity index (χ4v) is 2.58. The van der Waals surface area contributed by atoms with Crippen LogP contribution in [-0.4, -0.2) is 18.6 Å². The summed E-state index contributed by atoms with van der Waals surface area (Å²) in [6, 6.07) is 15.9. The molecule has 4 heteroatoms. The first-order valence-electron chi connectivity index (χ1n) is 7.17. The zero-order valence-electron chi connectivity index (χ0n) is 12.3. The minimum absolute atomic E-state index is 0.704. The van der Waals surface area contributed by atoms with E-state index in [1.807, 2.05) is 36.4 Å². The molecular weight excluding hydrogens is 296 g/mol. The van der Waals surface area contributed by atoms with Crippen LogP contribution in [0.2, 0.25) is 5.02 Å². The van der Waals surface area contributed by atoms with Crippen molar-refractivity contribution in [3.63, 3.8) is 0 Å². The van der Waals surface area contributed by atoms with Crippen LogP contribution in [0.25, 0.3) is 10.9 Å². The van der Waals surface area contributed by atoms with Gasteiger partial charge in [-0.1, -0.05) is 23.7 Å². The highest BCUT2D eigenvalue weighted by atomic mass is 35.5. The van der Waals surface area contributed by atoms with Crippen molar-refractivity contribution in [3.05, 3.63) is 65.3 Å². The summed E-state index contributed by atoms with van der Waals surface area (Å²) in [5, 5.41) is 5.26. The predicted molar refractivity (Wildman–Crippen MR) is 91.9 cm³/mol. The van der Waals surface area contributed by atoms with Gasteiger partial charge >= 0.3 is 0 Å². The molecule has 3 aromatic rings. The van der Waals surface area contributed by atoms with Gasteiger partial charge in [-0.05, 0) is 48.4 Å². The van der Waals surface area contributed by atoms with Crippen molar-refractivity contribution in [1.82, 2.24) is 4.98 Å². The largest absolute Gasteiger partial charge is 0.497 e. The Morgan fingerprint density at radius 2 is 1.91 bits per heavy atom. The van der Waals surface area contributed by atoms with E-state index in [2.05, 4.69) is 22.4 Å². The molecule has 3 rings (SSSR count). The average molecular weight is 313 g/mol. The Balaban J connectivity index is 1.68. The quantitative estimate of drug-likeness (QED) is 0.750. The smallest absolute Gasteiger partial charge is 0.118 e. The van der Waals surface area contributed by atoms with Gasteiger partial charge in [0, 0.05) is 28.8 Å². The summed E-state index contributed by atoms with van der Waals surface area (Å²) in [6.45, 7) is 0.855. The monoisotopic (exact) mass is 312 g/mol. The average Bonchev–Trinajstić information content (AvgIpc) is 2.55. The van der Waals surface area contributed by atoms with Gasteiger partial charge in [0.25, 0.3) is 0 Å². The maximum atomic E-state index is 6.01. The number of hydrogen-bond acceptors (Lipinski definition) is 3. The van der Waals surface area contributed by atoms with Gasteiger partial charge in [-0.2, -0.15) is 0 Å². The van der Waals surface area contributed by atoms with Gasteiger partial charge in [-0.15, -0.1) is 0 Å². The molecule has 0 saturated heterocycles. The van der Waals surface area contributed by atoms with Crippen LogP contribution in [-0.2, 0) is 6.42 Å². The van der Waals surface area contributed by atoms with E-state index in [0.717, 1.165) is 35.3 Å². The number of ether oxygens (including phenoxy) is 1. The molecule has 3 nitrogen and oxygen atoms in total. The third-order valence-corrected chi connectivity index (χ3v) is 3.83.